The third-order valence-electron chi connectivity index (χ3n) is 3.81. The van der Waals surface area contributed by atoms with E-state index in [1.165, 1.54) is 23.3 Å². The summed E-state index contributed by atoms with van der Waals surface area (Å²) >= 11 is 1.47. The molecule has 3 aromatic rings. The van der Waals surface area contributed by atoms with Crippen LogP contribution in [0.1, 0.15) is 34.6 Å². The Morgan fingerprint density at radius 1 is 1.33 bits per heavy atom. The third kappa shape index (κ3) is 3.39. The van der Waals surface area contributed by atoms with Gasteiger partial charge in [0.05, 0.1) is 17.5 Å². The normalized spacial score (nSPS) is 12.1. The topological polar surface area (TPSA) is 75.4 Å². The number of nitrogens with zero attached hydrogens (tertiary/aromatic N) is 1. The van der Waals surface area contributed by atoms with Crippen LogP contribution in [0, 0.1) is 0 Å². The van der Waals surface area contributed by atoms with Gasteiger partial charge >= 0.3 is 0 Å². The molecule has 0 aliphatic carbocycles. The molecular weight excluding hydrogens is 324 g/mol. The van der Waals surface area contributed by atoms with E-state index in [9.17, 15) is 9.90 Å². The van der Waals surface area contributed by atoms with Crippen molar-refractivity contribution in [3.05, 3.63) is 65.0 Å². The van der Waals surface area contributed by atoms with Crippen LogP contribution in [-0.2, 0) is 6.42 Å². The zero-order valence-corrected chi connectivity index (χ0v) is 14.0. The standard InChI is InChI=1S/C18H18N2O3S/c1-2-12-5-7-13(8-6-12)14(10-21)20-18(22)16-17(23-11-19-16)15-4-3-9-24-15/h3-9,11,14,21H,2,10H2,1H3,(H,20,22). The Morgan fingerprint density at radius 3 is 2.75 bits per heavy atom. The second-order valence-corrected chi connectivity index (χ2v) is 6.26. The van der Waals surface area contributed by atoms with Crippen LogP contribution >= 0.6 is 11.3 Å². The molecule has 1 atom stereocenters. The van der Waals surface area contributed by atoms with E-state index in [1.807, 2.05) is 41.8 Å². The van der Waals surface area contributed by atoms with Crippen LogP contribution in [0.4, 0.5) is 0 Å². The Morgan fingerprint density at radius 2 is 2.12 bits per heavy atom. The fraction of sp³-hybridized carbons (Fsp3) is 0.222. The number of aryl methyl sites for hydroxylation is 1. The summed E-state index contributed by atoms with van der Waals surface area (Å²) in [4.78, 5) is 17.4. The van der Waals surface area contributed by atoms with Crippen molar-refractivity contribution >= 4 is 17.2 Å². The smallest absolute Gasteiger partial charge is 0.274 e. The monoisotopic (exact) mass is 342 g/mol. The van der Waals surface area contributed by atoms with Gasteiger partial charge in [-0.1, -0.05) is 37.3 Å². The van der Waals surface area contributed by atoms with Gasteiger partial charge in [0, 0.05) is 0 Å². The minimum absolute atomic E-state index is 0.191. The summed E-state index contributed by atoms with van der Waals surface area (Å²) in [6, 6.07) is 11.1. The number of carbonyl (C=O) groups is 1. The van der Waals surface area contributed by atoms with Crippen molar-refractivity contribution in [3.63, 3.8) is 0 Å². The molecule has 1 aromatic carbocycles. The lowest BCUT2D eigenvalue weighted by Gasteiger charge is -2.16. The summed E-state index contributed by atoms with van der Waals surface area (Å²) in [6.07, 6.45) is 2.20. The summed E-state index contributed by atoms with van der Waals surface area (Å²) in [5.74, 6) is 0.0753. The number of thiophene rings is 1. The van der Waals surface area contributed by atoms with Crippen LogP contribution in [0.3, 0.4) is 0 Å². The largest absolute Gasteiger partial charge is 0.442 e. The van der Waals surface area contributed by atoms with E-state index in [0.29, 0.717) is 5.76 Å². The predicted octanol–water partition coefficient (Wildman–Crippen LogP) is 3.43. The second-order valence-electron chi connectivity index (χ2n) is 5.31. The third-order valence-corrected chi connectivity index (χ3v) is 4.67. The molecular formula is C18H18N2O3S. The fourth-order valence-electron chi connectivity index (χ4n) is 2.44. The highest BCUT2D eigenvalue weighted by atomic mass is 32.1. The quantitative estimate of drug-likeness (QED) is 0.720. The molecule has 0 saturated carbocycles. The minimum atomic E-state index is -0.490. The molecule has 0 bridgehead atoms. The number of hydrogen-bond donors (Lipinski definition) is 2. The zero-order chi connectivity index (χ0) is 16.9. The molecule has 0 saturated heterocycles. The van der Waals surface area contributed by atoms with Gasteiger partial charge in [-0.05, 0) is 29.0 Å². The molecule has 5 nitrogen and oxygen atoms in total. The van der Waals surface area contributed by atoms with E-state index < -0.39 is 6.04 Å². The molecule has 0 aliphatic heterocycles. The van der Waals surface area contributed by atoms with E-state index in [2.05, 4.69) is 17.2 Å². The van der Waals surface area contributed by atoms with Crippen molar-refractivity contribution in [1.82, 2.24) is 10.3 Å². The summed E-state index contributed by atoms with van der Waals surface area (Å²) in [5.41, 5.74) is 2.28. The molecule has 24 heavy (non-hydrogen) atoms. The molecule has 124 valence electrons. The Hall–Kier alpha value is -2.44. The van der Waals surface area contributed by atoms with Crippen LogP contribution in [0.2, 0.25) is 0 Å². The first kappa shape index (κ1) is 16.4. The Balaban J connectivity index is 1.79. The van der Waals surface area contributed by atoms with Crippen molar-refractivity contribution < 1.29 is 14.3 Å². The van der Waals surface area contributed by atoms with Gasteiger partial charge in [0.1, 0.15) is 0 Å². The average Bonchev–Trinajstić information content (AvgIpc) is 3.30. The van der Waals surface area contributed by atoms with Crippen LogP contribution in [-0.4, -0.2) is 22.6 Å². The van der Waals surface area contributed by atoms with Crippen molar-refractivity contribution in [2.75, 3.05) is 6.61 Å². The highest BCUT2D eigenvalue weighted by Gasteiger charge is 2.22. The van der Waals surface area contributed by atoms with E-state index in [4.69, 9.17) is 4.42 Å². The maximum Gasteiger partial charge on any atom is 0.274 e. The van der Waals surface area contributed by atoms with Crippen molar-refractivity contribution in [3.8, 4) is 10.6 Å². The zero-order valence-electron chi connectivity index (χ0n) is 13.2. The van der Waals surface area contributed by atoms with Crippen LogP contribution in [0.5, 0.6) is 0 Å². The lowest BCUT2D eigenvalue weighted by Crippen LogP contribution is -2.31. The van der Waals surface area contributed by atoms with Crippen LogP contribution in [0.15, 0.2) is 52.6 Å². The maximum atomic E-state index is 12.5. The Kier molecular flexibility index (Phi) is 5.08. The molecule has 1 amide bonds. The van der Waals surface area contributed by atoms with Crippen molar-refractivity contribution in [1.29, 1.82) is 0 Å². The number of carbonyl (C=O) groups excluding carboxylic acids is 1. The molecule has 2 aromatic heterocycles. The summed E-state index contributed by atoms with van der Waals surface area (Å²) < 4.78 is 5.36. The fourth-order valence-corrected chi connectivity index (χ4v) is 3.15. The lowest BCUT2D eigenvalue weighted by molar-refractivity contribution is 0.0912. The van der Waals surface area contributed by atoms with E-state index in [0.717, 1.165) is 16.9 Å². The summed E-state index contributed by atoms with van der Waals surface area (Å²) in [5, 5.41) is 14.4. The summed E-state index contributed by atoms with van der Waals surface area (Å²) in [7, 11) is 0. The Labute approximate surface area is 144 Å². The van der Waals surface area contributed by atoms with Gasteiger partial charge in [-0.2, -0.15) is 0 Å². The predicted molar refractivity (Wildman–Crippen MR) is 92.9 cm³/mol. The van der Waals surface area contributed by atoms with E-state index in [1.54, 1.807) is 0 Å². The molecule has 6 heteroatoms. The molecule has 0 aliphatic rings. The molecule has 1 unspecified atom stereocenters. The Bertz CT molecular complexity index is 794. The van der Waals surface area contributed by atoms with Crippen molar-refractivity contribution in [2.24, 2.45) is 0 Å². The van der Waals surface area contributed by atoms with Gasteiger partial charge in [0.15, 0.2) is 17.8 Å². The van der Waals surface area contributed by atoms with Crippen LogP contribution in [0.25, 0.3) is 10.6 Å². The highest BCUT2D eigenvalue weighted by molar-refractivity contribution is 7.13. The van der Waals surface area contributed by atoms with Gasteiger partial charge in [-0.25, -0.2) is 4.98 Å². The second kappa shape index (κ2) is 7.42. The molecule has 0 spiro atoms. The first-order valence-corrected chi connectivity index (χ1v) is 8.58. The molecule has 0 fully saturated rings. The highest BCUT2D eigenvalue weighted by Crippen LogP contribution is 2.28. The van der Waals surface area contributed by atoms with Crippen molar-refractivity contribution in [2.45, 2.75) is 19.4 Å². The van der Waals surface area contributed by atoms with Gasteiger partial charge in [-0.15, -0.1) is 11.3 Å². The molecule has 2 N–H and O–H groups in total. The minimum Gasteiger partial charge on any atom is -0.442 e. The van der Waals surface area contributed by atoms with E-state index in [-0.39, 0.29) is 18.2 Å². The van der Waals surface area contributed by atoms with Gasteiger partial charge in [0.25, 0.3) is 5.91 Å². The maximum absolute atomic E-state index is 12.5. The first-order valence-electron chi connectivity index (χ1n) is 7.70. The molecule has 2 heterocycles. The molecule has 3 rings (SSSR count). The van der Waals surface area contributed by atoms with Gasteiger partial charge in [-0.3, -0.25) is 4.79 Å². The van der Waals surface area contributed by atoms with Crippen LogP contribution < -0.4 is 5.32 Å². The first-order chi connectivity index (χ1) is 11.7. The lowest BCUT2D eigenvalue weighted by atomic mass is 10.0. The number of hydrogen-bond acceptors (Lipinski definition) is 5. The number of aromatic nitrogens is 1. The number of benzene rings is 1. The summed E-state index contributed by atoms with van der Waals surface area (Å²) in [6.45, 7) is 1.89. The molecule has 0 radical (unpaired) electrons. The number of nitrogens with one attached hydrogen (secondary N) is 1. The van der Waals surface area contributed by atoms with Gasteiger partial charge in [0.2, 0.25) is 0 Å². The van der Waals surface area contributed by atoms with E-state index >= 15 is 0 Å². The number of amides is 1. The number of aliphatic hydroxyl groups is 1. The SMILES string of the molecule is CCc1ccc(C(CO)NC(=O)c2ncoc2-c2cccs2)cc1. The number of rotatable bonds is 6. The van der Waals surface area contributed by atoms with Gasteiger partial charge < -0.3 is 14.8 Å². The average molecular weight is 342 g/mol. The number of oxazole rings is 1. The number of aliphatic hydroxyl groups excluding tert-OH is 1.